The Morgan fingerprint density at radius 2 is 1.76 bits per heavy atom. The van der Waals surface area contributed by atoms with Crippen LogP contribution in [0.5, 0.6) is 0 Å². The van der Waals surface area contributed by atoms with Crippen molar-refractivity contribution in [3.05, 3.63) is 75.2 Å². The van der Waals surface area contributed by atoms with Gasteiger partial charge in [-0.2, -0.15) is 0 Å². The van der Waals surface area contributed by atoms with E-state index in [-0.39, 0.29) is 14.9 Å². The summed E-state index contributed by atoms with van der Waals surface area (Å²) in [5, 5.41) is 2.95. The minimum absolute atomic E-state index is 0.113. The van der Waals surface area contributed by atoms with Gasteiger partial charge in [-0.05, 0) is 30.5 Å². The van der Waals surface area contributed by atoms with Crippen LogP contribution in [0.1, 0.15) is 24.1 Å². The zero-order chi connectivity index (χ0) is 20.4. The minimum atomic E-state index is -3.52. The van der Waals surface area contributed by atoms with Crippen molar-refractivity contribution in [1.82, 2.24) is 4.98 Å². The molecule has 0 N–H and O–H groups in total. The monoisotopic (exact) mass is 466 g/mol. The van der Waals surface area contributed by atoms with Gasteiger partial charge in [0.05, 0.1) is 25.9 Å². The molecule has 3 aromatic rings. The van der Waals surface area contributed by atoms with Crippen LogP contribution in [-0.4, -0.2) is 31.7 Å². The Kier molecular flexibility index (Phi) is 6.16. The minimum Gasteiger partial charge on any atom is -0.348 e. The summed E-state index contributed by atoms with van der Waals surface area (Å²) in [5.41, 5.74) is 2.27. The van der Waals surface area contributed by atoms with Crippen LogP contribution in [0.15, 0.2) is 58.8 Å². The third kappa shape index (κ3) is 4.45. The lowest BCUT2D eigenvalue weighted by atomic mass is 10.1. The molecule has 0 saturated carbocycles. The smallest absolute Gasteiger partial charge is 0.185 e. The summed E-state index contributed by atoms with van der Waals surface area (Å²) >= 11 is 13.8. The molecule has 1 aromatic heterocycles. The molecule has 0 unspecified atom stereocenters. The van der Waals surface area contributed by atoms with Crippen molar-refractivity contribution in [2.45, 2.75) is 29.4 Å². The van der Waals surface area contributed by atoms with Gasteiger partial charge in [0.2, 0.25) is 0 Å². The van der Waals surface area contributed by atoms with E-state index >= 15 is 0 Å². The van der Waals surface area contributed by atoms with Crippen molar-refractivity contribution in [2.75, 3.05) is 18.0 Å². The van der Waals surface area contributed by atoms with Gasteiger partial charge in [-0.25, -0.2) is 13.4 Å². The Bertz CT molecular complexity index is 1090. The molecule has 2 heterocycles. The zero-order valence-corrected chi connectivity index (χ0v) is 18.7. The van der Waals surface area contributed by atoms with Gasteiger partial charge in [0.25, 0.3) is 0 Å². The number of benzene rings is 2. The molecule has 1 saturated heterocycles. The van der Waals surface area contributed by atoms with Crippen molar-refractivity contribution in [1.29, 1.82) is 0 Å². The third-order valence-electron chi connectivity index (χ3n) is 5.14. The van der Waals surface area contributed by atoms with Crippen molar-refractivity contribution >= 4 is 49.5 Å². The SMILES string of the molecule is O=S(=O)(c1cccc(Cl)c1Cl)C1CCN(c2nc(Cc3ccccc3)cs2)CC1. The molecule has 0 amide bonds. The van der Waals surface area contributed by atoms with Crippen LogP contribution in [-0.2, 0) is 16.3 Å². The molecular weight excluding hydrogens is 447 g/mol. The molecule has 0 bridgehead atoms. The second-order valence-corrected chi connectivity index (χ2v) is 10.9. The van der Waals surface area contributed by atoms with Gasteiger partial charge in [-0.15, -0.1) is 11.3 Å². The number of halogens is 2. The van der Waals surface area contributed by atoms with Crippen LogP contribution < -0.4 is 4.90 Å². The summed E-state index contributed by atoms with van der Waals surface area (Å²) in [7, 11) is -3.52. The Morgan fingerprint density at radius 1 is 1.03 bits per heavy atom. The first-order chi connectivity index (χ1) is 13.9. The average molecular weight is 467 g/mol. The maximum atomic E-state index is 13.0. The third-order valence-corrected chi connectivity index (χ3v) is 9.33. The highest BCUT2D eigenvalue weighted by Gasteiger charge is 2.33. The molecule has 2 aromatic carbocycles. The summed E-state index contributed by atoms with van der Waals surface area (Å²) in [6.07, 6.45) is 1.88. The maximum absolute atomic E-state index is 13.0. The highest BCUT2D eigenvalue weighted by atomic mass is 35.5. The number of sulfone groups is 1. The van der Waals surface area contributed by atoms with Crippen LogP contribution in [0.4, 0.5) is 5.13 Å². The number of piperidine rings is 1. The molecule has 1 aliphatic heterocycles. The topological polar surface area (TPSA) is 50.3 Å². The Hall–Kier alpha value is -1.60. The highest BCUT2D eigenvalue weighted by Crippen LogP contribution is 2.34. The maximum Gasteiger partial charge on any atom is 0.185 e. The molecule has 4 nitrogen and oxygen atoms in total. The fraction of sp³-hybridized carbons (Fsp3) is 0.286. The zero-order valence-electron chi connectivity index (χ0n) is 15.6. The molecule has 4 rings (SSSR count). The summed E-state index contributed by atoms with van der Waals surface area (Å²) < 4.78 is 26.1. The highest BCUT2D eigenvalue weighted by molar-refractivity contribution is 7.92. The van der Waals surface area contributed by atoms with Crippen LogP contribution in [0, 0.1) is 0 Å². The van der Waals surface area contributed by atoms with Crippen molar-refractivity contribution in [3.63, 3.8) is 0 Å². The molecule has 152 valence electrons. The lowest BCUT2D eigenvalue weighted by Gasteiger charge is -2.31. The molecule has 1 fully saturated rings. The number of rotatable bonds is 5. The van der Waals surface area contributed by atoms with Gasteiger partial charge in [-0.1, -0.05) is 59.6 Å². The average Bonchev–Trinajstić information content (AvgIpc) is 3.19. The summed E-state index contributed by atoms with van der Waals surface area (Å²) in [4.78, 5) is 7.06. The molecule has 0 spiro atoms. The Morgan fingerprint density at radius 3 is 2.48 bits per heavy atom. The second kappa shape index (κ2) is 8.64. The van der Waals surface area contributed by atoms with E-state index in [1.807, 2.05) is 18.2 Å². The van der Waals surface area contributed by atoms with Crippen LogP contribution in [0.25, 0.3) is 0 Å². The summed E-state index contributed by atoms with van der Waals surface area (Å²) in [6.45, 7) is 1.31. The number of aromatic nitrogens is 1. The number of anilines is 1. The van der Waals surface area contributed by atoms with Crippen molar-refractivity contribution in [3.8, 4) is 0 Å². The second-order valence-electron chi connectivity index (χ2n) is 7.07. The lowest BCUT2D eigenvalue weighted by Crippen LogP contribution is -2.39. The molecule has 29 heavy (non-hydrogen) atoms. The van der Waals surface area contributed by atoms with E-state index < -0.39 is 15.1 Å². The van der Waals surface area contributed by atoms with Crippen molar-refractivity contribution < 1.29 is 8.42 Å². The number of thiazole rings is 1. The molecular formula is C21H20Cl2N2O2S2. The molecule has 0 atom stereocenters. The summed E-state index contributed by atoms with van der Waals surface area (Å²) in [5.74, 6) is 0. The van der Waals surface area contributed by atoms with Gasteiger partial charge in [0.1, 0.15) is 0 Å². The number of nitrogens with zero attached hydrogens (tertiary/aromatic N) is 2. The van der Waals surface area contributed by atoms with Gasteiger partial charge < -0.3 is 4.90 Å². The predicted octanol–water partition coefficient (Wildman–Crippen LogP) is 5.48. The van der Waals surface area contributed by atoms with E-state index in [9.17, 15) is 8.42 Å². The molecule has 0 radical (unpaired) electrons. The van der Waals surface area contributed by atoms with E-state index in [2.05, 4.69) is 22.4 Å². The van der Waals surface area contributed by atoms with Crippen LogP contribution in [0.3, 0.4) is 0 Å². The number of hydrogen-bond acceptors (Lipinski definition) is 5. The van der Waals surface area contributed by atoms with Gasteiger partial charge in [0.15, 0.2) is 15.0 Å². The fourth-order valence-corrected chi connectivity index (χ4v) is 6.95. The standard InChI is InChI=1S/C21H20Cl2N2O2S2/c22-18-7-4-8-19(20(18)23)29(26,27)17-9-11-25(12-10-17)21-24-16(14-28-21)13-15-5-2-1-3-6-15/h1-8,14,17H,9-13H2. The van der Waals surface area contributed by atoms with Crippen LogP contribution >= 0.6 is 34.5 Å². The van der Waals surface area contributed by atoms with E-state index in [1.54, 1.807) is 23.5 Å². The molecule has 0 aliphatic carbocycles. The lowest BCUT2D eigenvalue weighted by molar-refractivity contribution is 0.529. The Labute approximate surface area is 185 Å². The van der Waals surface area contributed by atoms with Crippen LogP contribution in [0.2, 0.25) is 10.0 Å². The van der Waals surface area contributed by atoms with E-state index in [0.717, 1.165) is 17.2 Å². The van der Waals surface area contributed by atoms with Gasteiger partial charge in [-0.3, -0.25) is 0 Å². The van der Waals surface area contributed by atoms with Crippen molar-refractivity contribution in [2.24, 2.45) is 0 Å². The normalized spacial score (nSPS) is 15.6. The predicted molar refractivity (Wildman–Crippen MR) is 120 cm³/mol. The summed E-state index contributed by atoms with van der Waals surface area (Å²) in [6, 6.07) is 15.0. The van der Waals surface area contributed by atoms with E-state index in [0.29, 0.717) is 25.9 Å². The molecule has 8 heteroatoms. The first kappa shape index (κ1) is 20.7. The fourth-order valence-electron chi connectivity index (χ4n) is 3.57. The van der Waals surface area contributed by atoms with Gasteiger partial charge >= 0.3 is 0 Å². The van der Waals surface area contributed by atoms with E-state index in [4.69, 9.17) is 28.2 Å². The van der Waals surface area contributed by atoms with Gasteiger partial charge in [0, 0.05) is 24.9 Å². The number of hydrogen-bond donors (Lipinski definition) is 0. The quantitative estimate of drug-likeness (QED) is 0.499. The van der Waals surface area contributed by atoms with E-state index in [1.165, 1.54) is 11.6 Å². The molecule has 1 aliphatic rings. The largest absolute Gasteiger partial charge is 0.348 e. The first-order valence-corrected chi connectivity index (χ1v) is 12.5. The first-order valence-electron chi connectivity index (χ1n) is 9.36. The Balaban J connectivity index is 1.43.